The van der Waals surface area contributed by atoms with Crippen LogP contribution in [0.5, 0.6) is 0 Å². The maximum Gasteiger partial charge on any atom is 0.254 e. The monoisotopic (exact) mass is 345 g/mol. The molecule has 0 radical (unpaired) electrons. The number of benzene rings is 1. The number of thiazole rings is 1. The fraction of sp³-hybridized carbons (Fsp3) is 0.389. The number of carbonyl (C=O) groups excluding carboxylic acids is 2. The van der Waals surface area contributed by atoms with E-state index in [1.165, 1.54) is 11.3 Å². The highest BCUT2D eigenvalue weighted by atomic mass is 32.1. The van der Waals surface area contributed by atoms with Gasteiger partial charge in [-0.3, -0.25) is 9.59 Å². The highest BCUT2D eigenvalue weighted by Crippen LogP contribution is 2.13. The molecule has 6 heteroatoms. The molecule has 2 aromatic rings. The molecular weight excluding hydrogens is 322 g/mol. The van der Waals surface area contributed by atoms with Gasteiger partial charge in [0.25, 0.3) is 5.91 Å². The predicted molar refractivity (Wildman–Crippen MR) is 97.4 cm³/mol. The molecule has 24 heavy (non-hydrogen) atoms. The number of amides is 2. The first-order chi connectivity index (χ1) is 11.6. The minimum absolute atomic E-state index is 0.0382. The molecule has 0 spiro atoms. The van der Waals surface area contributed by atoms with Crippen LogP contribution in [-0.4, -0.2) is 34.8 Å². The molecule has 0 fully saturated rings. The summed E-state index contributed by atoms with van der Waals surface area (Å²) >= 11 is 1.36. The Bertz CT molecular complexity index is 671. The molecule has 0 atom stereocenters. The van der Waals surface area contributed by atoms with Crippen LogP contribution in [0.25, 0.3) is 0 Å². The first-order valence-electron chi connectivity index (χ1n) is 8.16. The number of anilines is 1. The van der Waals surface area contributed by atoms with Crippen LogP contribution < -0.4 is 5.32 Å². The van der Waals surface area contributed by atoms with Gasteiger partial charge in [0.05, 0.1) is 0 Å². The molecule has 1 aromatic carbocycles. The Morgan fingerprint density at radius 1 is 1.25 bits per heavy atom. The molecule has 1 N–H and O–H groups in total. The minimum Gasteiger partial charge on any atom is -0.329 e. The van der Waals surface area contributed by atoms with Gasteiger partial charge in [-0.05, 0) is 25.0 Å². The number of nitrogens with zero attached hydrogens (tertiary/aromatic N) is 2. The van der Waals surface area contributed by atoms with E-state index in [0.29, 0.717) is 17.2 Å². The molecule has 0 saturated heterocycles. The van der Waals surface area contributed by atoms with Gasteiger partial charge in [-0.2, -0.15) is 0 Å². The zero-order valence-corrected chi connectivity index (χ0v) is 14.9. The van der Waals surface area contributed by atoms with Crippen molar-refractivity contribution in [1.29, 1.82) is 0 Å². The molecule has 1 heterocycles. The van der Waals surface area contributed by atoms with Crippen LogP contribution in [0.15, 0.2) is 35.8 Å². The van der Waals surface area contributed by atoms with E-state index in [4.69, 9.17) is 0 Å². The Balaban J connectivity index is 2.07. The van der Waals surface area contributed by atoms with Crippen molar-refractivity contribution < 1.29 is 9.59 Å². The molecule has 0 unspecified atom stereocenters. The van der Waals surface area contributed by atoms with Crippen LogP contribution in [0.3, 0.4) is 0 Å². The average Bonchev–Trinajstić information content (AvgIpc) is 3.07. The third kappa shape index (κ3) is 5.16. The maximum absolute atomic E-state index is 12.8. The summed E-state index contributed by atoms with van der Waals surface area (Å²) in [6.07, 6.45) is 4.62. The van der Waals surface area contributed by atoms with Crippen LogP contribution in [0.1, 0.15) is 42.1 Å². The van der Waals surface area contributed by atoms with Crippen LogP contribution in [0.4, 0.5) is 5.13 Å². The Morgan fingerprint density at radius 3 is 2.71 bits per heavy atom. The second-order valence-electron chi connectivity index (χ2n) is 5.63. The van der Waals surface area contributed by atoms with Gasteiger partial charge in [0.1, 0.15) is 6.54 Å². The van der Waals surface area contributed by atoms with E-state index in [2.05, 4.69) is 17.2 Å². The largest absolute Gasteiger partial charge is 0.329 e. The van der Waals surface area contributed by atoms with Crippen LogP contribution in [-0.2, 0) is 4.79 Å². The zero-order valence-electron chi connectivity index (χ0n) is 14.1. The van der Waals surface area contributed by atoms with Crippen molar-refractivity contribution in [3.8, 4) is 0 Å². The molecule has 1 aromatic heterocycles. The first kappa shape index (κ1) is 18.1. The van der Waals surface area contributed by atoms with Gasteiger partial charge in [0, 0.05) is 23.7 Å². The van der Waals surface area contributed by atoms with Crippen molar-refractivity contribution in [2.24, 2.45) is 0 Å². The third-order valence-corrected chi connectivity index (χ3v) is 4.40. The summed E-state index contributed by atoms with van der Waals surface area (Å²) in [7, 11) is 0. The first-order valence-corrected chi connectivity index (χ1v) is 9.04. The van der Waals surface area contributed by atoms with E-state index >= 15 is 0 Å². The molecule has 5 nitrogen and oxygen atoms in total. The number of aromatic nitrogens is 1. The van der Waals surface area contributed by atoms with Gasteiger partial charge in [0.2, 0.25) is 5.91 Å². The number of unbranched alkanes of at least 4 members (excludes halogenated alkanes) is 2. The van der Waals surface area contributed by atoms with Crippen LogP contribution in [0.2, 0.25) is 0 Å². The van der Waals surface area contributed by atoms with E-state index in [-0.39, 0.29) is 18.4 Å². The van der Waals surface area contributed by atoms with Crippen molar-refractivity contribution in [2.75, 3.05) is 18.4 Å². The smallest absolute Gasteiger partial charge is 0.254 e. The van der Waals surface area contributed by atoms with E-state index in [0.717, 1.165) is 24.8 Å². The lowest BCUT2D eigenvalue weighted by Gasteiger charge is -2.23. The van der Waals surface area contributed by atoms with Gasteiger partial charge in [-0.15, -0.1) is 11.3 Å². The van der Waals surface area contributed by atoms with Gasteiger partial charge in [-0.1, -0.05) is 38.0 Å². The average molecular weight is 345 g/mol. The second kappa shape index (κ2) is 9.17. The van der Waals surface area contributed by atoms with Crippen molar-refractivity contribution in [3.05, 3.63) is 47.0 Å². The zero-order chi connectivity index (χ0) is 17.4. The molecule has 2 amide bonds. The summed E-state index contributed by atoms with van der Waals surface area (Å²) in [5.41, 5.74) is 1.57. The number of rotatable bonds is 8. The molecule has 0 aliphatic heterocycles. The standard InChI is InChI=1S/C18H23N3O2S/c1-3-4-7-11-21(13-16(22)20-18-19-10-12-24-18)17(23)15-9-6-5-8-14(15)2/h5-6,8-10,12H,3-4,7,11,13H2,1-2H3,(H,19,20,22). The number of hydrogen-bond acceptors (Lipinski definition) is 4. The fourth-order valence-electron chi connectivity index (χ4n) is 2.41. The minimum atomic E-state index is -0.219. The third-order valence-electron chi connectivity index (χ3n) is 3.71. The lowest BCUT2D eigenvalue weighted by atomic mass is 10.1. The summed E-state index contributed by atoms with van der Waals surface area (Å²) in [4.78, 5) is 30.7. The lowest BCUT2D eigenvalue weighted by Crippen LogP contribution is -2.39. The number of carbonyl (C=O) groups is 2. The fourth-order valence-corrected chi connectivity index (χ4v) is 2.95. The van der Waals surface area contributed by atoms with Crippen molar-refractivity contribution in [3.63, 3.8) is 0 Å². The Labute approximate surface area is 146 Å². The number of nitrogens with one attached hydrogen (secondary N) is 1. The lowest BCUT2D eigenvalue weighted by molar-refractivity contribution is -0.116. The molecule has 0 aliphatic carbocycles. The Morgan fingerprint density at radius 2 is 2.04 bits per heavy atom. The molecule has 0 aliphatic rings. The van der Waals surface area contributed by atoms with Gasteiger partial charge < -0.3 is 10.2 Å². The highest BCUT2D eigenvalue weighted by molar-refractivity contribution is 7.13. The molecular formula is C18H23N3O2S. The van der Waals surface area contributed by atoms with E-state index < -0.39 is 0 Å². The van der Waals surface area contributed by atoms with Gasteiger partial charge >= 0.3 is 0 Å². The second-order valence-corrected chi connectivity index (χ2v) is 6.53. The van der Waals surface area contributed by atoms with Crippen molar-refractivity contribution >= 4 is 28.3 Å². The summed E-state index contributed by atoms with van der Waals surface area (Å²) in [5, 5.41) is 5.09. The highest BCUT2D eigenvalue weighted by Gasteiger charge is 2.20. The van der Waals surface area contributed by atoms with E-state index in [1.54, 1.807) is 16.5 Å². The van der Waals surface area contributed by atoms with E-state index in [9.17, 15) is 9.59 Å². The summed E-state index contributed by atoms with van der Waals surface area (Å²) in [6.45, 7) is 4.64. The molecule has 0 saturated carbocycles. The molecule has 2 rings (SSSR count). The normalized spacial score (nSPS) is 10.4. The topological polar surface area (TPSA) is 62.3 Å². The SMILES string of the molecule is CCCCCN(CC(=O)Nc1nccs1)C(=O)c1ccccc1C. The maximum atomic E-state index is 12.8. The quantitative estimate of drug-likeness (QED) is 0.742. The summed E-state index contributed by atoms with van der Waals surface area (Å²) < 4.78 is 0. The number of hydrogen-bond donors (Lipinski definition) is 1. The summed E-state index contributed by atoms with van der Waals surface area (Å²) in [6, 6.07) is 7.47. The predicted octanol–water partition coefficient (Wildman–Crippen LogP) is 3.72. The Kier molecular flexibility index (Phi) is 6.93. The van der Waals surface area contributed by atoms with Crippen molar-refractivity contribution in [2.45, 2.75) is 33.1 Å². The molecule has 0 bridgehead atoms. The van der Waals surface area contributed by atoms with Crippen LogP contribution >= 0.6 is 11.3 Å². The Hall–Kier alpha value is -2.21. The number of aryl methyl sites for hydroxylation is 1. The van der Waals surface area contributed by atoms with E-state index in [1.807, 2.05) is 31.2 Å². The summed E-state index contributed by atoms with van der Waals surface area (Å²) in [5.74, 6) is -0.318. The molecule has 128 valence electrons. The van der Waals surface area contributed by atoms with Gasteiger partial charge in [-0.25, -0.2) is 4.98 Å². The van der Waals surface area contributed by atoms with Crippen LogP contribution in [0, 0.1) is 6.92 Å². The van der Waals surface area contributed by atoms with Gasteiger partial charge in [0.15, 0.2) is 5.13 Å². The van der Waals surface area contributed by atoms with Crippen molar-refractivity contribution in [1.82, 2.24) is 9.88 Å².